The molecule has 2 nitrogen and oxygen atoms in total. The fourth-order valence-electron chi connectivity index (χ4n) is 2.92. The molecule has 0 saturated carbocycles. The van der Waals surface area contributed by atoms with Crippen LogP contribution in [-0.2, 0) is 0 Å². The first-order valence-electron chi connectivity index (χ1n) is 6.40. The van der Waals surface area contributed by atoms with Crippen molar-refractivity contribution in [3.8, 4) is 0 Å². The maximum Gasteiger partial charge on any atom is 0.0510 e. The molecule has 17 heavy (non-hydrogen) atoms. The van der Waals surface area contributed by atoms with E-state index in [9.17, 15) is 0 Å². The average molecular weight is 295 g/mol. The summed E-state index contributed by atoms with van der Waals surface area (Å²) >= 11 is 3.69. The predicted molar refractivity (Wildman–Crippen MR) is 75.6 cm³/mol. The summed E-state index contributed by atoms with van der Waals surface area (Å²) in [5, 5.41) is 3.42. The van der Waals surface area contributed by atoms with Gasteiger partial charge in [0.1, 0.15) is 0 Å². The smallest absolute Gasteiger partial charge is 0.0510 e. The van der Waals surface area contributed by atoms with Gasteiger partial charge in [0.15, 0.2) is 0 Å². The van der Waals surface area contributed by atoms with E-state index in [0.29, 0.717) is 5.41 Å². The molecule has 2 fully saturated rings. The van der Waals surface area contributed by atoms with Gasteiger partial charge in [-0.25, -0.2) is 0 Å². The van der Waals surface area contributed by atoms with Gasteiger partial charge in [-0.15, -0.1) is 0 Å². The second-order valence-corrected chi connectivity index (χ2v) is 6.40. The Morgan fingerprint density at radius 1 is 1.24 bits per heavy atom. The Hall–Kier alpha value is -0.540. The van der Waals surface area contributed by atoms with Gasteiger partial charge in [0, 0.05) is 30.7 Å². The Balaban J connectivity index is 1.73. The zero-order valence-electron chi connectivity index (χ0n) is 10.3. The lowest BCUT2D eigenvalue weighted by Gasteiger charge is -2.49. The van der Waals surface area contributed by atoms with Crippen molar-refractivity contribution in [1.29, 1.82) is 0 Å². The summed E-state index contributed by atoms with van der Waals surface area (Å²) in [5.41, 5.74) is 3.31. The van der Waals surface area contributed by atoms with Gasteiger partial charge in [-0.3, -0.25) is 0 Å². The topological polar surface area (TPSA) is 15.3 Å². The normalized spacial score (nSPS) is 22.6. The third kappa shape index (κ3) is 2.11. The van der Waals surface area contributed by atoms with Gasteiger partial charge in [-0.2, -0.15) is 0 Å². The molecular formula is C14H19BrN2. The van der Waals surface area contributed by atoms with Gasteiger partial charge in [-0.1, -0.05) is 6.07 Å². The van der Waals surface area contributed by atoms with Crippen LogP contribution in [0.2, 0.25) is 0 Å². The molecule has 0 aromatic heterocycles. The molecule has 0 aliphatic carbocycles. The maximum atomic E-state index is 3.69. The third-order valence-electron chi connectivity index (χ3n) is 4.27. The van der Waals surface area contributed by atoms with Crippen molar-refractivity contribution in [2.45, 2.75) is 19.8 Å². The quantitative estimate of drug-likeness (QED) is 0.857. The predicted octanol–water partition coefficient (Wildman–Crippen LogP) is 2.95. The molecule has 1 spiro atoms. The largest absolute Gasteiger partial charge is 0.371 e. The van der Waals surface area contributed by atoms with Gasteiger partial charge in [0.2, 0.25) is 0 Å². The molecule has 2 heterocycles. The average Bonchev–Trinajstić information content (AvgIpc) is 2.27. The van der Waals surface area contributed by atoms with Crippen LogP contribution in [0.1, 0.15) is 18.4 Å². The van der Waals surface area contributed by atoms with E-state index in [1.807, 2.05) is 0 Å². The molecule has 0 amide bonds. The molecule has 1 aromatic carbocycles. The summed E-state index contributed by atoms with van der Waals surface area (Å²) in [6.45, 7) is 7.00. The highest BCUT2D eigenvalue weighted by Crippen LogP contribution is 2.38. The fourth-order valence-corrected chi connectivity index (χ4v) is 3.67. The van der Waals surface area contributed by atoms with E-state index in [-0.39, 0.29) is 0 Å². The van der Waals surface area contributed by atoms with E-state index in [1.54, 1.807) is 0 Å². The van der Waals surface area contributed by atoms with Crippen molar-refractivity contribution < 1.29 is 0 Å². The lowest BCUT2D eigenvalue weighted by molar-refractivity contribution is 0.126. The minimum absolute atomic E-state index is 0.633. The number of piperidine rings is 1. The summed E-state index contributed by atoms with van der Waals surface area (Å²) in [7, 11) is 0. The lowest BCUT2D eigenvalue weighted by atomic mass is 9.73. The first kappa shape index (κ1) is 11.5. The highest BCUT2D eigenvalue weighted by molar-refractivity contribution is 9.10. The van der Waals surface area contributed by atoms with Crippen LogP contribution >= 0.6 is 15.9 Å². The number of hydrogen-bond acceptors (Lipinski definition) is 2. The molecule has 0 unspecified atom stereocenters. The van der Waals surface area contributed by atoms with E-state index in [4.69, 9.17) is 0 Å². The molecule has 2 saturated heterocycles. The number of benzene rings is 1. The van der Waals surface area contributed by atoms with Crippen molar-refractivity contribution in [3.05, 3.63) is 28.2 Å². The summed E-state index contributed by atoms with van der Waals surface area (Å²) < 4.78 is 1.24. The van der Waals surface area contributed by atoms with Crippen LogP contribution in [0.15, 0.2) is 22.7 Å². The van der Waals surface area contributed by atoms with Crippen molar-refractivity contribution >= 4 is 21.6 Å². The summed E-state index contributed by atoms with van der Waals surface area (Å²) in [6.07, 6.45) is 2.67. The Morgan fingerprint density at radius 3 is 2.47 bits per heavy atom. The lowest BCUT2D eigenvalue weighted by Crippen LogP contribution is -2.58. The molecule has 0 atom stereocenters. The number of rotatable bonds is 1. The first-order chi connectivity index (χ1) is 8.19. The number of nitrogens with one attached hydrogen (secondary N) is 1. The molecule has 2 aliphatic heterocycles. The van der Waals surface area contributed by atoms with E-state index < -0.39 is 0 Å². The van der Waals surface area contributed by atoms with Crippen LogP contribution in [0.25, 0.3) is 0 Å². The van der Waals surface area contributed by atoms with Crippen LogP contribution in [0.5, 0.6) is 0 Å². The number of nitrogens with zero attached hydrogens (tertiary/aromatic N) is 1. The molecule has 0 radical (unpaired) electrons. The highest BCUT2D eigenvalue weighted by atomic mass is 79.9. The fraction of sp³-hybridized carbons (Fsp3) is 0.571. The number of aryl methyl sites for hydroxylation is 1. The molecule has 3 heteroatoms. The Morgan fingerprint density at radius 2 is 1.94 bits per heavy atom. The molecule has 0 bridgehead atoms. The maximum absolute atomic E-state index is 3.69. The van der Waals surface area contributed by atoms with Crippen LogP contribution in [0.4, 0.5) is 5.69 Å². The van der Waals surface area contributed by atoms with Crippen molar-refractivity contribution in [1.82, 2.24) is 5.32 Å². The van der Waals surface area contributed by atoms with Crippen molar-refractivity contribution in [2.24, 2.45) is 5.41 Å². The van der Waals surface area contributed by atoms with Crippen LogP contribution < -0.4 is 10.2 Å². The van der Waals surface area contributed by atoms with Gasteiger partial charge in [-0.05, 0) is 58.8 Å². The number of hydrogen-bond donors (Lipinski definition) is 1. The Bertz CT molecular complexity index is 416. The zero-order valence-corrected chi connectivity index (χ0v) is 11.9. The monoisotopic (exact) mass is 294 g/mol. The van der Waals surface area contributed by atoms with Gasteiger partial charge in [0.25, 0.3) is 0 Å². The van der Waals surface area contributed by atoms with E-state index in [2.05, 4.69) is 51.3 Å². The van der Waals surface area contributed by atoms with E-state index in [1.165, 1.54) is 54.7 Å². The van der Waals surface area contributed by atoms with Crippen LogP contribution in [0.3, 0.4) is 0 Å². The molecule has 92 valence electrons. The third-order valence-corrected chi connectivity index (χ3v) is 4.90. The Labute approximate surface area is 112 Å². The van der Waals surface area contributed by atoms with E-state index >= 15 is 0 Å². The number of halogens is 1. The minimum atomic E-state index is 0.633. The molecule has 3 rings (SSSR count). The van der Waals surface area contributed by atoms with E-state index in [0.717, 1.165) is 0 Å². The molecule has 1 N–H and O–H groups in total. The second kappa shape index (κ2) is 4.29. The highest BCUT2D eigenvalue weighted by Gasteiger charge is 2.39. The standard InChI is InChI=1S/C14H19BrN2/c1-11-2-3-13(12(15)8-11)17-6-4-14(5-7-17)9-16-10-14/h2-3,8,16H,4-7,9-10H2,1H3. The molecule has 2 aliphatic rings. The summed E-state index contributed by atoms with van der Waals surface area (Å²) in [6, 6.07) is 6.66. The van der Waals surface area contributed by atoms with Gasteiger partial charge >= 0.3 is 0 Å². The van der Waals surface area contributed by atoms with Crippen LogP contribution in [-0.4, -0.2) is 26.2 Å². The van der Waals surface area contributed by atoms with Crippen molar-refractivity contribution in [2.75, 3.05) is 31.1 Å². The SMILES string of the molecule is Cc1ccc(N2CCC3(CC2)CNC3)c(Br)c1. The first-order valence-corrected chi connectivity index (χ1v) is 7.20. The summed E-state index contributed by atoms with van der Waals surface area (Å²) in [5.74, 6) is 0. The number of anilines is 1. The van der Waals surface area contributed by atoms with Gasteiger partial charge in [0.05, 0.1) is 5.69 Å². The van der Waals surface area contributed by atoms with Crippen LogP contribution in [0, 0.1) is 12.3 Å². The Kier molecular flexibility index (Phi) is 2.91. The zero-order chi connectivity index (χ0) is 11.9. The van der Waals surface area contributed by atoms with Gasteiger partial charge < -0.3 is 10.2 Å². The second-order valence-electron chi connectivity index (χ2n) is 5.55. The minimum Gasteiger partial charge on any atom is -0.371 e. The summed E-state index contributed by atoms with van der Waals surface area (Å²) in [4.78, 5) is 2.52. The molecule has 1 aromatic rings. The molecular weight excluding hydrogens is 276 g/mol. The van der Waals surface area contributed by atoms with Crippen molar-refractivity contribution in [3.63, 3.8) is 0 Å².